The van der Waals surface area contributed by atoms with Gasteiger partial charge in [0.05, 0.1) is 11.4 Å². The zero-order valence-corrected chi connectivity index (χ0v) is 8.00. The SMILES string of the molecule is CNC(=O)[C@H]1CNc2ccccc2N1. The molecule has 1 heterocycles. The van der Waals surface area contributed by atoms with Crippen LogP contribution in [0.25, 0.3) is 0 Å². The van der Waals surface area contributed by atoms with E-state index in [1.807, 2.05) is 24.3 Å². The molecule has 74 valence electrons. The minimum Gasteiger partial charge on any atom is -0.381 e. The van der Waals surface area contributed by atoms with Gasteiger partial charge in [-0.05, 0) is 12.1 Å². The van der Waals surface area contributed by atoms with E-state index in [1.165, 1.54) is 0 Å². The molecule has 0 bridgehead atoms. The molecule has 3 N–H and O–H groups in total. The fraction of sp³-hybridized carbons (Fsp3) is 0.300. The smallest absolute Gasteiger partial charge is 0.244 e. The predicted octanol–water partition coefficient (Wildman–Crippen LogP) is 0.639. The Morgan fingerprint density at radius 3 is 2.86 bits per heavy atom. The molecule has 1 aromatic carbocycles. The monoisotopic (exact) mass is 191 g/mol. The second kappa shape index (κ2) is 3.57. The highest BCUT2D eigenvalue weighted by Crippen LogP contribution is 2.24. The Balaban J connectivity index is 2.17. The lowest BCUT2D eigenvalue weighted by Gasteiger charge is -2.26. The Hall–Kier alpha value is -1.71. The first-order chi connectivity index (χ1) is 6.81. The molecule has 0 saturated heterocycles. The minimum atomic E-state index is -0.185. The van der Waals surface area contributed by atoms with E-state index < -0.39 is 0 Å². The van der Waals surface area contributed by atoms with E-state index in [0.717, 1.165) is 11.4 Å². The molecule has 0 saturated carbocycles. The van der Waals surface area contributed by atoms with Crippen LogP contribution in [-0.4, -0.2) is 25.5 Å². The summed E-state index contributed by atoms with van der Waals surface area (Å²) < 4.78 is 0. The summed E-state index contributed by atoms with van der Waals surface area (Å²) >= 11 is 0. The molecule has 0 fully saturated rings. The Morgan fingerprint density at radius 1 is 1.43 bits per heavy atom. The molecule has 0 spiro atoms. The first kappa shape index (κ1) is 8.87. The lowest BCUT2D eigenvalue weighted by atomic mass is 10.1. The van der Waals surface area contributed by atoms with E-state index in [9.17, 15) is 4.79 Å². The maximum absolute atomic E-state index is 11.4. The Kier molecular flexibility index (Phi) is 2.26. The van der Waals surface area contributed by atoms with Gasteiger partial charge >= 0.3 is 0 Å². The van der Waals surface area contributed by atoms with Crippen molar-refractivity contribution < 1.29 is 4.79 Å². The first-order valence-electron chi connectivity index (χ1n) is 4.62. The van der Waals surface area contributed by atoms with Gasteiger partial charge in [0.25, 0.3) is 0 Å². The van der Waals surface area contributed by atoms with Crippen molar-refractivity contribution in [2.75, 3.05) is 24.2 Å². The molecule has 0 aromatic heterocycles. The van der Waals surface area contributed by atoms with Crippen LogP contribution in [0.4, 0.5) is 11.4 Å². The number of hydrogen-bond donors (Lipinski definition) is 3. The van der Waals surface area contributed by atoms with Crippen molar-refractivity contribution in [1.82, 2.24) is 5.32 Å². The fourth-order valence-corrected chi connectivity index (χ4v) is 1.55. The molecule has 1 aliphatic rings. The number of carbonyl (C=O) groups is 1. The number of rotatable bonds is 1. The van der Waals surface area contributed by atoms with E-state index in [2.05, 4.69) is 16.0 Å². The standard InChI is InChI=1S/C10H13N3O/c1-11-10(14)9-6-12-7-4-2-3-5-8(7)13-9/h2-5,9,12-13H,6H2,1H3,(H,11,14)/t9-/m1/s1. The molecule has 0 aliphatic carbocycles. The van der Waals surface area contributed by atoms with Crippen LogP contribution in [0, 0.1) is 0 Å². The van der Waals surface area contributed by atoms with Gasteiger partial charge < -0.3 is 16.0 Å². The van der Waals surface area contributed by atoms with Gasteiger partial charge in [-0.3, -0.25) is 4.79 Å². The van der Waals surface area contributed by atoms with E-state index in [1.54, 1.807) is 7.05 Å². The molecular formula is C10H13N3O. The molecule has 1 aliphatic heterocycles. The van der Waals surface area contributed by atoms with E-state index in [-0.39, 0.29) is 11.9 Å². The molecule has 1 amide bonds. The molecule has 0 unspecified atom stereocenters. The fourth-order valence-electron chi connectivity index (χ4n) is 1.55. The summed E-state index contributed by atoms with van der Waals surface area (Å²) in [6.07, 6.45) is 0. The van der Waals surface area contributed by atoms with Crippen LogP contribution < -0.4 is 16.0 Å². The van der Waals surface area contributed by atoms with Crippen molar-refractivity contribution in [2.24, 2.45) is 0 Å². The number of amides is 1. The molecule has 1 atom stereocenters. The number of hydrogen-bond acceptors (Lipinski definition) is 3. The predicted molar refractivity (Wildman–Crippen MR) is 56.4 cm³/mol. The van der Waals surface area contributed by atoms with Crippen LogP contribution in [0.2, 0.25) is 0 Å². The van der Waals surface area contributed by atoms with Crippen molar-refractivity contribution >= 4 is 17.3 Å². The van der Waals surface area contributed by atoms with Crippen LogP contribution in [-0.2, 0) is 4.79 Å². The lowest BCUT2D eigenvalue weighted by Crippen LogP contribution is -2.44. The van der Waals surface area contributed by atoms with Gasteiger partial charge in [0.1, 0.15) is 6.04 Å². The molecule has 2 rings (SSSR count). The van der Waals surface area contributed by atoms with Gasteiger partial charge in [-0.15, -0.1) is 0 Å². The van der Waals surface area contributed by atoms with Gasteiger partial charge in [-0.25, -0.2) is 0 Å². The average molecular weight is 191 g/mol. The number of anilines is 2. The van der Waals surface area contributed by atoms with Crippen molar-refractivity contribution in [3.05, 3.63) is 24.3 Å². The largest absolute Gasteiger partial charge is 0.381 e. The molecule has 4 heteroatoms. The Labute approximate surface area is 82.7 Å². The maximum Gasteiger partial charge on any atom is 0.244 e. The topological polar surface area (TPSA) is 53.2 Å². The number of nitrogens with one attached hydrogen (secondary N) is 3. The molecule has 1 aromatic rings. The van der Waals surface area contributed by atoms with Gasteiger partial charge in [-0.2, -0.15) is 0 Å². The van der Waals surface area contributed by atoms with E-state index >= 15 is 0 Å². The average Bonchev–Trinajstić information content (AvgIpc) is 2.27. The van der Waals surface area contributed by atoms with Gasteiger partial charge in [0.2, 0.25) is 5.91 Å². The second-order valence-corrected chi connectivity index (χ2v) is 3.24. The summed E-state index contributed by atoms with van der Waals surface area (Å²) in [5, 5.41) is 9.00. The maximum atomic E-state index is 11.4. The second-order valence-electron chi connectivity index (χ2n) is 3.24. The zero-order valence-electron chi connectivity index (χ0n) is 8.00. The third-order valence-electron chi connectivity index (χ3n) is 2.32. The molecular weight excluding hydrogens is 178 g/mol. The van der Waals surface area contributed by atoms with Crippen molar-refractivity contribution in [1.29, 1.82) is 0 Å². The van der Waals surface area contributed by atoms with Crippen molar-refractivity contribution in [3.8, 4) is 0 Å². The number of likely N-dealkylation sites (N-methyl/N-ethyl adjacent to an activating group) is 1. The van der Waals surface area contributed by atoms with Gasteiger partial charge in [0.15, 0.2) is 0 Å². The summed E-state index contributed by atoms with van der Waals surface area (Å²) in [6, 6.07) is 7.67. The summed E-state index contributed by atoms with van der Waals surface area (Å²) in [5.41, 5.74) is 2.03. The Morgan fingerprint density at radius 2 is 2.14 bits per heavy atom. The highest BCUT2D eigenvalue weighted by Gasteiger charge is 2.21. The quantitative estimate of drug-likeness (QED) is 0.610. The number of carbonyl (C=O) groups excluding carboxylic acids is 1. The normalized spacial score (nSPS) is 18.8. The molecule has 14 heavy (non-hydrogen) atoms. The van der Waals surface area contributed by atoms with Crippen molar-refractivity contribution in [2.45, 2.75) is 6.04 Å². The van der Waals surface area contributed by atoms with E-state index in [0.29, 0.717) is 6.54 Å². The lowest BCUT2D eigenvalue weighted by molar-refractivity contribution is -0.121. The minimum absolute atomic E-state index is 0.00648. The van der Waals surface area contributed by atoms with Crippen LogP contribution in [0.3, 0.4) is 0 Å². The van der Waals surface area contributed by atoms with Crippen molar-refractivity contribution in [3.63, 3.8) is 0 Å². The first-order valence-corrected chi connectivity index (χ1v) is 4.62. The molecule has 0 radical (unpaired) electrons. The molecule has 4 nitrogen and oxygen atoms in total. The third kappa shape index (κ3) is 1.51. The number of benzene rings is 1. The third-order valence-corrected chi connectivity index (χ3v) is 2.32. The van der Waals surface area contributed by atoms with Gasteiger partial charge in [-0.1, -0.05) is 12.1 Å². The van der Waals surface area contributed by atoms with E-state index in [4.69, 9.17) is 0 Å². The summed E-state index contributed by atoms with van der Waals surface area (Å²) in [4.78, 5) is 11.4. The highest BCUT2D eigenvalue weighted by atomic mass is 16.2. The van der Waals surface area contributed by atoms with Crippen LogP contribution in [0.1, 0.15) is 0 Å². The summed E-state index contributed by atoms with van der Waals surface area (Å²) in [6.45, 7) is 0.622. The zero-order chi connectivity index (χ0) is 9.97. The number of fused-ring (bicyclic) bond motifs is 1. The Bertz CT molecular complexity index is 351. The van der Waals surface area contributed by atoms with Crippen LogP contribution in [0.5, 0.6) is 0 Å². The van der Waals surface area contributed by atoms with Gasteiger partial charge in [0, 0.05) is 13.6 Å². The van der Waals surface area contributed by atoms with Crippen LogP contribution >= 0.6 is 0 Å². The highest BCUT2D eigenvalue weighted by molar-refractivity contribution is 5.88. The number of para-hydroxylation sites is 2. The summed E-state index contributed by atoms with van der Waals surface area (Å²) in [7, 11) is 1.64. The van der Waals surface area contributed by atoms with Crippen LogP contribution in [0.15, 0.2) is 24.3 Å². The summed E-state index contributed by atoms with van der Waals surface area (Å²) in [5.74, 6) is 0.00648.